The van der Waals surface area contributed by atoms with Crippen LogP contribution >= 0.6 is 0 Å². The molecule has 2 aliphatic rings. The number of nitrogens with zero attached hydrogens (tertiary/aromatic N) is 2. The van der Waals surface area contributed by atoms with Crippen LogP contribution in [0.2, 0.25) is 0 Å². The van der Waals surface area contributed by atoms with E-state index in [1.54, 1.807) is 0 Å². The fourth-order valence-corrected chi connectivity index (χ4v) is 3.18. The monoisotopic (exact) mass is 240 g/mol. The normalized spacial score (nSPS) is 29.6. The van der Waals surface area contributed by atoms with Gasteiger partial charge in [0.2, 0.25) is 0 Å². The summed E-state index contributed by atoms with van der Waals surface area (Å²) < 4.78 is 0. The highest BCUT2D eigenvalue weighted by Gasteiger charge is 2.27. The van der Waals surface area contributed by atoms with Crippen LogP contribution in [0.1, 0.15) is 45.4 Å². The topological polar surface area (TPSA) is 26.7 Å². The average Bonchev–Trinajstić information content (AvgIpc) is 2.78. The summed E-state index contributed by atoms with van der Waals surface area (Å²) >= 11 is 0. The minimum Gasteiger partial charge on any atom is -0.392 e. The van der Waals surface area contributed by atoms with Gasteiger partial charge in [-0.2, -0.15) is 0 Å². The predicted octanol–water partition coefficient (Wildman–Crippen LogP) is 1.71. The van der Waals surface area contributed by atoms with Gasteiger partial charge in [-0.05, 0) is 51.7 Å². The molecule has 2 fully saturated rings. The number of hydrogen-bond acceptors (Lipinski definition) is 3. The van der Waals surface area contributed by atoms with Crippen molar-refractivity contribution in [3.05, 3.63) is 0 Å². The maximum Gasteiger partial charge on any atom is 0.0664 e. The first-order valence-electron chi connectivity index (χ1n) is 7.44. The Morgan fingerprint density at radius 1 is 1.12 bits per heavy atom. The molecule has 100 valence electrons. The van der Waals surface area contributed by atoms with Crippen molar-refractivity contribution in [1.82, 2.24) is 9.80 Å². The lowest BCUT2D eigenvalue weighted by Gasteiger charge is -2.33. The van der Waals surface area contributed by atoms with Crippen LogP contribution in [0.5, 0.6) is 0 Å². The van der Waals surface area contributed by atoms with E-state index in [0.29, 0.717) is 6.04 Å². The Bertz CT molecular complexity index is 216. The smallest absolute Gasteiger partial charge is 0.0664 e. The molecular formula is C14H28N2O. The zero-order valence-electron chi connectivity index (χ0n) is 11.3. The van der Waals surface area contributed by atoms with Crippen LogP contribution in [-0.2, 0) is 0 Å². The molecule has 0 aromatic rings. The van der Waals surface area contributed by atoms with Crippen LogP contribution < -0.4 is 0 Å². The first kappa shape index (κ1) is 13.3. The van der Waals surface area contributed by atoms with E-state index in [9.17, 15) is 5.11 Å². The Morgan fingerprint density at radius 2 is 1.88 bits per heavy atom. The number of piperidine rings is 1. The molecule has 0 bridgehead atoms. The van der Waals surface area contributed by atoms with Gasteiger partial charge in [0.25, 0.3) is 0 Å². The van der Waals surface area contributed by atoms with Gasteiger partial charge in [-0.1, -0.05) is 13.3 Å². The molecule has 0 radical (unpaired) electrons. The number of hydrogen-bond donors (Lipinski definition) is 1. The molecule has 2 heterocycles. The van der Waals surface area contributed by atoms with Gasteiger partial charge in [0.15, 0.2) is 0 Å². The Morgan fingerprint density at radius 3 is 2.59 bits per heavy atom. The predicted molar refractivity (Wildman–Crippen MR) is 71.2 cm³/mol. The van der Waals surface area contributed by atoms with E-state index in [2.05, 4.69) is 16.7 Å². The summed E-state index contributed by atoms with van der Waals surface area (Å²) in [5.41, 5.74) is 0. The van der Waals surface area contributed by atoms with Crippen molar-refractivity contribution in [2.45, 2.75) is 57.6 Å². The first-order valence-corrected chi connectivity index (χ1v) is 7.44. The number of aliphatic hydroxyl groups excluding tert-OH is 1. The van der Waals surface area contributed by atoms with Gasteiger partial charge in [-0.25, -0.2) is 0 Å². The Balaban J connectivity index is 1.77. The third-order valence-electron chi connectivity index (χ3n) is 4.33. The van der Waals surface area contributed by atoms with Crippen molar-refractivity contribution < 1.29 is 5.11 Å². The second kappa shape index (κ2) is 6.72. The zero-order chi connectivity index (χ0) is 12.1. The molecule has 2 atom stereocenters. The Kier molecular flexibility index (Phi) is 5.26. The number of aliphatic hydroxyl groups is 1. The first-order chi connectivity index (χ1) is 8.29. The number of likely N-dealkylation sites (tertiary alicyclic amines) is 2. The molecule has 0 aliphatic carbocycles. The highest BCUT2D eigenvalue weighted by molar-refractivity contribution is 4.84. The van der Waals surface area contributed by atoms with Crippen molar-refractivity contribution in [3.63, 3.8) is 0 Å². The zero-order valence-corrected chi connectivity index (χ0v) is 11.3. The third kappa shape index (κ3) is 3.94. The lowest BCUT2D eigenvalue weighted by molar-refractivity contribution is 0.0856. The van der Waals surface area contributed by atoms with Crippen LogP contribution in [0, 0.1) is 0 Å². The molecule has 2 aliphatic heterocycles. The van der Waals surface area contributed by atoms with Gasteiger partial charge >= 0.3 is 0 Å². The van der Waals surface area contributed by atoms with Crippen molar-refractivity contribution >= 4 is 0 Å². The van der Waals surface area contributed by atoms with Crippen molar-refractivity contribution in [2.75, 3.05) is 32.7 Å². The summed E-state index contributed by atoms with van der Waals surface area (Å²) in [6.45, 7) is 7.96. The van der Waals surface area contributed by atoms with E-state index in [1.807, 2.05) is 0 Å². The molecule has 3 nitrogen and oxygen atoms in total. The van der Waals surface area contributed by atoms with Gasteiger partial charge in [-0.3, -0.25) is 4.90 Å². The van der Waals surface area contributed by atoms with Gasteiger partial charge in [0, 0.05) is 19.1 Å². The van der Waals surface area contributed by atoms with Gasteiger partial charge in [0.05, 0.1) is 6.10 Å². The summed E-state index contributed by atoms with van der Waals surface area (Å²) in [5.74, 6) is 0. The summed E-state index contributed by atoms with van der Waals surface area (Å²) in [7, 11) is 0. The average molecular weight is 240 g/mol. The van der Waals surface area contributed by atoms with E-state index in [0.717, 1.165) is 13.0 Å². The highest BCUT2D eigenvalue weighted by atomic mass is 16.3. The summed E-state index contributed by atoms with van der Waals surface area (Å²) in [5, 5.41) is 9.79. The second-order valence-electron chi connectivity index (χ2n) is 5.71. The van der Waals surface area contributed by atoms with E-state index < -0.39 is 0 Å². The quantitative estimate of drug-likeness (QED) is 0.792. The molecule has 0 amide bonds. The maximum absolute atomic E-state index is 9.79. The number of rotatable bonds is 5. The van der Waals surface area contributed by atoms with Gasteiger partial charge < -0.3 is 10.0 Å². The summed E-state index contributed by atoms with van der Waals surface area (Å²) in [4.78, 5) is 5.15. The fourth-order valence-electron chi connectivity index (χ4n) is 3.18. The second-order valence-corrected chi connectivity index (χ2v) is 5.71. The fraction of sp³-hybridized carbons (Fsp3) is 1.00. The standard InChI is InChI=1S/C14H28N2O/c1-2-14(17)12-16-10-6-7-13(16)11-15-8-4-3-5-9-15/h13-14,17H,2-12H2,1H3. The van der Waals surface area contributed by atoms with Gasteiger partial charge in [-0.15, -0.1) is 0 Å². The van der Waals surface area contributed by atoms with Crippen LogP contribution in [-0.4, -0.2) is 59.8 Å². The number of β-amino-alcohol motifs (C(OH)–C–C–N with tert-alkyl or cyclic N) is 1. The summed E-state index contributed by atoms with van der Waals surface area (Å²) in [6.07, 6.45) is 7.57. The minimum absolute atomic E-state index is 0.128. The molecule has 0 aromatic heterocycles. The van der Waals surface area contributed by atoms with Gasteiger partial charge in [0.1, 0.15) is 0 Å². The van der Waals surface area contributed by atoms with E-state index >= 15 is 0 Å². The lowest BCUT2D eigenvalue weighted by Crippen LogP contribution is -2.44. The van der Waals surface area contributed by atoms with Crippen LogP contribution in [0.3, 0.4) is 0 Å². The van der Waals surface area contributed by atoms with Crippen LogP contribution in [0.15, 0.2) is 0 Å². The van der Waals surface area contributed by atoms with Crippen molar-refractivity contribution in [2.24, 2.45) is 0 Å². The molecular weight excluding hydrogens is 212 g/mol. The third-order valence-corrected chi connectivity index (χ3v) is 4.33. The molecule has 1 N–H and O–H groups in total. The molecule has 0 aromatic carbocycles. The SMILES string of the molecule is CCC(O)CN1CCCC1CN1CCCCC1. The Hall–Kier alpha value is -0.120. The van der Waals surface area contributed by atoms with Crippen molar-refractivity contribution in [3.8, 4) is 0 Å². The Labute approximate surface area is 106 Å². The largest absolute Gasteiger partial charge is 0.392 e. The molecule has 0 spiro atoms. The lowest BCUT2D eigenvalue weighted by atomic mass is 10.1. The van der Waals surface area contributed by atoms with E-state index in [1.165, 1.54) is 58.3 Å². The van der Waals surface area contributed by atoms with E-state index in [-0.39, 0.29) is 6.10 Å². The minimum atomic E-state index is -0.128. The molecule has 2 saturated heterocycles. The highest BCUT2D eigenvalue weighted by Crippen LogP contribution is 2.20. The molecule has 2 rings (SSSR count). The van der Waals surface area contributed by atoms with Crippen LogP contribution in [0.25, 0.3) is 0 Å². The van der Waals surface area contributed by atoms with Crippen LogP contribution in [0.4, 0.5) is 0 Å². The summed E-state index contributed by atoms with van der Waals surface area (Å²) in [6, 6.07) is 0.703. The van der Waals surface area contributed by atoms with Crippen molar-refractivity contribution in [1.29, 1.82) is 0 Å². The molecule has 17 heavy (non-hydrogen) atoms. The molecule has 2 unspecified atom stereocenters. The molecule has 3 heteroatoms. The maximum atomic E-state index is 9.79. The van der Waals surface area contributed by atoms with E-state index in [4.69, 9.17) is 0 Å². The molecule has 0 saturated carbocycles.